The lowest BCUT2D eigenvalue weighted by atomic mass is 10.2. The second-order valence-electron chi connectivity index (χ2n) is 5.60. The molecule has 6 nitrogen and oxygen atoms in total. The van der Waals surface area contributed by atoms with E-state index in [-0.39, 0.29) is 12.1 Å². The summed E-state index contributed by atoms with van der Waals surface area (Å²) in [6.45, 7) is 3.40. The predicted molar refractivity (Wildman–Crippen MR) is 93.0 cm³/mol. The van der Waals surface area contributed by atoms with Gasteiger partial charge in [0.25, 0.3) is 0 Å². The SMILES string of the molecule is CCOc1ccccc1CNC(=O)NCC(c1ccco1)N(C)C. The number of ether oxygens (including phenoxy) is 1. The summed E-state index contributed by atoms with van der Waals surface area (Å²) in [6, 6.07) is 11.2. The average molecular weight is 331 g/mol. The Bertz CT molecular complexity index is 626. The fourth-order valence-electron chi connectivity index (χ4n) is 2.39. The molecule has 2 N–H and O–H groups in total. The molecule has 1 unspecified atom stereocenters. The van der Waals surface area contributed by atoms with E-state index in [2.05, 4.69) is 10.6 Å². The van der Waals surface area contributed by atoms with Crippen molar-refractivity contribution in [2.45, 2.75) is 19.5 Å². The average Bonchev–Trinajstić information content (AvgIpc) is 3.08. The van der Waals surface area contributed by atoms with E-state index >= 15 is 0 Å². The van der Waals surface area contributed by atoms with Crippen LogP contribution in [-0.4, -0.2) is 38.2 Å². The second kappa shape index (κ2) is 8.98. The number of nitrogens with one attached hydrogen (secondary N) is 2. The third-order valence-electron chi connectivity index (χ3n) is 3.66. The fraction of sp³-hybridized carbons (Fsp3) is 0.389. The molecule has 2 rings (SSSR count). The van der Waals surface area contributed by atoms with E-state index in [1.54, 1.807) is 6.26 Å². The van der Waals surface area contributed by atoms with Crippen molar-refractivity contribution < 1.29 is 13.9 Å². The number of carbonyl (C=O) groups is 1. The van der Waals surface area contributed by atoms with E-state index in [4.69, 9.17) is 9.15 Å². The summed E-state index contributed by atoms with van der Waals surface area (Å²) in [4.78, 5) is 14.1. The van der Waals surface area contributed by atoms with Crippen molar-refractivity contribution in [3.63, 3.8) is 0 Å². The van der Waals surface area contributed by atoms with Crippen LogP contribution in [0.5, 0.6) is 5.75 Å². The van der Waals surface area contributed by atoms with Crippen molar-refractivity contribution in [1.82, 2.24) is 15.5 Å². The molecular weight excluding hydrogens is 306 g/mol. The number of likely N-dealkylation sites (N-methyl/N-ethyl adjacent to an activating group) is 1. The lowest BCUT2D eigenvalue weighted by Gasteiger charge is -2.22. The van der Waals surface area contributed by atoms with Gasteiger partial charge in [0.05, 0.1) is 18.9 Å². The van der Waals surface area contributed by atoms with Crippen molar-refractivity contribution in [1.29, 1.82) is 0 Å². The molecule has 0 aliphatic rings. The zero-order chi connectivity index (χ0) is 17.4. The summed E-state index contributed by atoms with van der Waals surface area (Å²) in [7, 11) is 3.90. The van der Waals surface area contributed by atoms with Crippen molar-refractivity contribution in [2.24, 2.45) is 0 Å². The van der Waals surface area contributed by atoms with Gasteiger partial charge in [0.15, 0.2) is 0 Å². The first-order chi connectivity index (χ1) is 11.6. The Hall–Kier alpha value is -2.47. The Morgan fingerprint density at radius 2 is 2.00 bits per heavy atom. The number of benzene rings is 1. The van der Waals surface area contributed by atoms with Gasteiger partial charge < -0.3 is 19.8 Å². The summed E-state index contributed by atoms with van der Waals surface area (Å²) >= 11 is 0. The van der Waals surface area contributed by atoms with E-state index in [9.17, 15) is 4.79 Å². The van der Waals surface area contributed by atoms with Crippen molar-refractivity contribution in [3.05, 3.63) is 54.0 Å². The summed E-state index contributed by atoms with van der Waals surface area (Å²) in [5.41, 5.74) is 0.949. The largest absolute Gasteiger partial charge is 0.494 e. The highest BCUT2D eigenvalue weighted by Gasteiger charge is 2.17. The maximum Gasteiger partial charge on any atom is 0.315 e. The topological polar surface area (TPSA) is 66.7 Å². The zero-order valence-electron chi connectivity index (χ0n) is 14.4. The van der Waals surface area contributed by atoms with Crippen LogP contribution in [0, 0.1) is 0 Å². The normalized spacial score (nSPS) is 12.0. The summed E-state index contributed by atoms with van der Waals surface area (Å²) < 4.78 is 11.0. The van der Waals surface area contributed by atoms with Gasteiger partial charge >= 0.3 is 6.03 Å². The predicted octanol–water partition coefficient (Wildman–Crippen LogP) is 2.78. The Kier molecular flexibility index (Phi) is 6.69. The molecule has 0 aliphatic heterocycles. The monoisotopic (exact) mass is 331 g/mol. The Morgan fingerprint density at radius 3 is 2.67 bits per heavy atom. The molecule has 1 heterocycles. The number of nitrogens with zero attached hydrogens (tertiary/aromatic N) is 1. The minimum absolute atomic E-state index is 0.0125. The number of para-hydroxylation sites is 1. The van der Waals surface area contributed by atoms with Crippen LogP contribution in [0.15, 0.2) is 47.1 Å². The number of furan rings is 1. The quantitative estimate of drug-likeness (QED) is 0.780. The van der Waals surface area contributed by atoms with Crippen LogP contribution < -0.4 is 15.4 Å². The minimum atomic E-state index is -0.222. The van der Waals surface area contributed by atoms with E-state index in [1.165, 1.54) is 0 Å². The van der Waals surface area contributed by atoms with Gasteiger partial charge in [0.2, 0.25) is 0 Å². The highest BCUT2D eigenvalue weighted by molar-refractivity contribution is 5.74. The van der Waals surface area contributed by atoms with Crippen molar-refractivity contribution in [3.8, 4) is 5.75 Å². The fourth-order valence-corrected chi connectivity index (χ4v) is 2.39. The van der Waals surface area contributed by atoms with E-state index in [0.717, 1.165) is 17.1 Å². The molecule has 130 valence electrons. The minimum Gasteiger partial charge on any atom is -0.494 e. The van der Waals surface area contributed by atoms with Gasteiger partial charge in [0.1, 0.15) is 11.5 Å². The number of hydrogen-bond acceptors (Lipinski definition) is 4. The number of amides is 2. The molecule has 0 aliphatic carbocycles. The third-order valence-corrected chi connectivity index (χ3v) is 3.66. The van der Waals surface area contributed by atoms with Gasteiger partial charge in [-0.15, -0.1) is 0 Å². The number of hydrogen-bond donors (Lipinski definition) is 2. The van der Waals surface area contributed by atoms with Gasteiger partial charge in [-0.05, 0) is 39.2 Å². The summed E-state index contributed by atoms with van der Waals surface area (Å²) in [5, 5.41) is 5.74. The molecular formula is C18H25N3O3. The van der Waals surface area contributed by atoms with Crippen molar-refractivity contribution >= 4 is 6.03 Å². The van der Waals surface area contributed by atoms with E-state index in [0.29, 0.717) is 19.7 Å². The van der Waals surface area contributed by atoms with Gasteiger partial charge in [0, 0.05) is 18.7 Å². The first-order valence-corrected chi connectivity index (χ1v) is 8.04. The molecule has 0 fully saturated rings. The zero-order valence-corrected chi connectivity index (χ0v) is 14.4. The Balaban J connectivity index is 1.85. The van der Waals surface area contributed by atoms with Crippen LogP contribution in [0.4, 0.5) is 4.79 Å². The molecule has 2 amide bonds. The molecule has 0 radical (unpaired) electrons. The Labute approximate surface area is 142 Å². The molecule has 0 saturated carbocycles. The van der Waals surface area contributed by atoms with Crippen LogP contribution in [0.25, 0.3) is 0 Å². The maximum absolute atomic E-state index is 12.1. The Morgan fingerprint density at radius 1 is 1.21 bits per heavy atom. The van der Waals surface area contributed by atoms with Crippen LogP contribution in [0.3, 0.4) is 0 Å². The molecule has 1 atom stereocenters. The molecule has 0 spiro atoms. The molecule has 2 aromatic rings. The number of urea groups is 1. The van der Waals surface area contributed by atoms with Gasteiger partial charge in [-0.1, -0.05) is 18.2 Å². The standard InChI is InChI=1S/C18H25N3O3/c1-4-23-16-9-6-5-8-14(16)12-19-18(22)20-13-15(21(2)3)17-10-7-11-24-17/h5-11,15H,4,12-13H2,1-3H3,(H2,19,20,22). The third kappa shape index (κ3) is 5.03. The van der Waals surface area contributed by atoms with Crippen LogP contribution >= 0.6 is 0 Å². The molecule has 24 heavy (non-hydrogen) atoms. The summed E-state index contributed by atoms with van der Waals surface area (Å²) in [6.07, 6.45) is 1.64. The van der Waals surface area contributed by atoms with E-state index in [1.807, 2.05) is 62.3 Å². The van der Waals surface area contributed by atoms with Gasteiger partial charge in [-0.25, -0.2) is 4.79 Å². The molecule has 0 saturated heterocycles. The summed E-state index contributed by atoms with van der Waals surface area (Å²) in [5.74, 6) is 1.61. The van der Waals surface area contributed by atoms with Crippen LogP contribution in [0.2, 0.25) is 0 Å². The van der Waals surface area contributed by atoms with E-state index < -0.39 is 0 Å². The highest BCUT2D eigenvalue weighted by atomic mass is 16.5. The first kappa shape index (κ1) is 17.9. The lowest BCUT2D eigenvalue weighted by Crippen LogP contribution is -2.40. The lowest BCUT2D eigenvalue weighted by molar-refractivity contribution is 0.225. The molecule has 6 heteroatoms. The highest BCUT2D eigenvalue weighted by Crippen LogP contribution is 2.18. The van der Waals surface area contributed by atoms with Gasteiger partial charge in [-0.3, -0.25) is 4.90 Å². The van der Waals surface area contributed by atoms with Crippen molar-refractivity contribution in [2.75, 3.05) is 27.2 Å². The number of rotatable bonds is 8. The second-order valence-corrected chi connectivity index (χ2v) is 5.60. The maximum atomic E-state index is 12.1. The smallest absolute Gasteiger partial charge is 0.315 e. The van der Waals surface area contributed by atoms with Crippen LogP contribution in [0.1, 0.15) is 24.3 Å². The first-order valence-electron chi connectivity index (χ1n) is 8.04. The molecule has 1 aromatic carbocycles. The molecule has 0 bridgehead atoms. The number of carbonyl (C=O) groups excluding carboxylic acids is 1. The van der Waals surface area contributed by atoms with Crippen LogP contribution in [-0.2, 0) is 6.54 Å². The molecule has 1 aromatic heterocycles. The van der Waals surface area contributed by atoms with Gasteiger partial charge in [-0.2, -0.15) is 0 Å².